The summed E-state index contributed by atoms with van der Waals surface area (Å²) in [5, 5.41) is 5.13. The Morgan fingerprint density at radius 1 is 0.652 bits per heavy atom. The molecule has 0 atom stereocenters. The van der Waals surface area contributed by atoms with Gasteiger partial charge in [0.05, 0.1) is 11.4 Å². The molecule has 0 amide bonds. The van der Waals surface area contributed by atoms with E-state index in [9.17, 15) is 0 Å². The standard InChI is InChI=1S/C22H15N/c1-2-11-18-15(6-1)7-4-12-19(18)21-14-17-10-3-8-16-9-5-13-20(23-21)22(16)17/h1-13H,14H2. The topological polar surface area (TPSA) is 12.4 Å². The summed E-state index contributed by atoms with van der Waals surface area (Å²) in [5.41, 5.74) is 4.87. The molecule has 1 heteroatoms. The minimum Gasteiger partial charge on any atom is -0.252 e. The fourth-order valence-corrected chi connectivity index (χ4v) is 3.64. The van der Waals surface area contributed by atoms with E-state index in [1.807, 2.05) is 0 Å². The number of aliphatic imine (C=N–C) groups is 1. The Kier molecular flexibility index (Phi) is 2.62. The summed E-state index contributed by atoms with van der Waals surface area (Å²) in [6.45, 7) is 0. The first-order chi connectivity index (χ1) is 11.4. The highest BCUT2D eigenvalue weighted by molar-refractivity contribution is 6.16. The molecule has 0 saturated carbocycles. The summed E-state index contributed by atoms with van der Waals surface area (Å²) in [4.78, 5) is 5.00. The smallest absolute Gasteiger partial charge is 0.0714 e. The van der Waals surface area contributed by atoms with E-state index in [1.165, 1.54) is 32.7 Å². The van der Waals surface area contributed by atoms with Gasteiger partial charge in [0.15, 0.2) is 0 Å². The molecule has 4 aromatic rings. The highest BCUT2D eigenvalue weighted by Crippen LogP contribution is 2.35. The fraction of sp³-hybridized carbons (Fsp3) is 0.0455. The van der Waals surface area contributed by atoms with Gasteiger partial charge in [-0.3, -0.25) is 4.99 Å². The second kappa shape index (κ2) is 4.79. The van der Waals surface area contributed by atoms with E-state index in [4.69, 9.17) is 4.99 Å². The van der Waals surface area contributed by atoms with E-state index < -0.39 is 0 Å². The first kappa shape index (κ1) is 12.6. The molecular formula is C22H15N. The van der Waals surface area contributed by atoms with E-state index in [1.54, 1.807) is 0 Å². The van der Waals surface area contributed by atoms with Crippen molar-refractivity contribution in [2.45, 2.75) is 6.42 Å². The van der Waals surface area contributed by atoms with Gasteiger partial charge in [0.25, 0.3) is 0 Å². The molecule has 0 saturated heterocycles. The van der Waals surface area contributed by atoms with Gasteiger partial charge in [-0.15, -0.1) is 0 Å². The second-order valence-corrected chi connectivity index (χ2v) is 6.05. The SMILES string of the molecule is c1ccc2c(C3=Nc4cccc5cccc(c45)C3)cccc2c1. The van der Waals surface area contributed by atoms with Gasteiger partial charge in [-0.25, -0.2) is 0 Å². The molecule has 0 fully saturated rings. The molecule has 0 spiro atoms. The van der Waals surface area contributed by atoms with Crippen LogP contribution >= 0.6 is 0 Å². The highest BCUT2D eigenvalue weighted by Gasteiger charge is 2.17. The third kappa shape index (κ3) is 1.90. The minimum absolute atomic E-state index is 0.891. The van der Waals surface area contributed by atoms with Crippen LogP contribution in [0, 0.1) is 0 Å². The second-order valence-electron chi connectivity index (χ2n) is 6.05. The number of benzene rings is 4. The summed E-state index contributed by atoms with van der Waals surface area (Å²) in [6, 6.07) is 27.9. The third-order valence-corrected chi connectivity index (χ3v) is 4.68. The zero-order chi connectivity index (χ0) is 15.2. The summed E-state index contributed by atoms with van der Waals surface area (Å²) >= 11 is 0. The van der Waals surface area contributed by atoms with Gasteiger partial charge in [-0.1, -0.05) is 72.8 Å². The Labute approximate surface area is 134 Å². The lowest BCUT2D eigenvalue weighted by atomic mass is 9.91. The lowest BCUT2D eigenvalue weighted by Crippen LogP contribution is -2.09. The molecule has 0 aliphatic carbocycles. The van der Waals surface area contributed by atoms with E-state index >= 15 is 0 Å². The zero-order valence-electron chi connectivity index (χ0n) is 12.7. The summed E-state index contributed by atoms with van der Waals surface area (Å²) in [6.07, 6.45) is 0.891. The lowest BCUT2D eigenvalue weighted by Gasteiger charge is -2.18. The number of fused-ring (bicyclic) bond motifs is 1. The maximum absolute atomic E-state index is 5.00. The van der Waals surface area contributed by atoms with Crippen LogP contribution in [0.25, 0.3) is 21.5 Å². The summed E-state index contributed by atoms with van der Waals surface area (Å²) in [7, 11) is 0. The summed E-state index contributed by atoms with van der Waals surface area (Å²) in [5.74, 6) is 0. The van der Waals surface area contributed by atoms with Crippen LogP contribution < -0.4 is 0 Å². The largest absolute Gasteiger partial charge is 0.252 e. The highest BCUT2D eigenvalue weighted by atomic mass is 14.8. The van der Waals surface area contributed by atoms with Crippen LogP contribution in [-0.4, -0.2) is 5.71 Å². The van der Waals surface area contributed by atoms with E-state index in [0.717, 1.165) is 17.8 Å². The van der Waals surface area contributed by atoms with Gasteiger partial charge >= 0.3 is 0 Å². The number of hydrogen-bond donors (Lipinski definition) is 0. The molecular weight excluding hydrogens is 278 g/mol. The molecule has 0 N–H and O–H groups in total. The molecule has 4 aromatic carbocycles. The van der Waals surface area contributed by atoms with Crippen LogP contribution in [0.1, 0.15) is 11.1 Å². The van der Waals surface area contributed by atoms with E-state index in [2.05, 4.69) is 78.9 Å². The average molecular weight is 293 g/mol. The Bertz CT molecular complexity index is 1080. The predicted octanol–water partition coefficient (Wildman–Crippen LogP) is 5.67. The molecule has 5 rings (SSSR count). The maximum atomic E-state index is 5.00. The molecule has 108 valence electrons. The minimum atomic E-state index is 0.891. The molecule has 23 heavy (non-hydrogen) atoms. The molecule has 1 aliphatic rings. The van der Waals surface area contributed by atoms with Crippen molar-refractivity contribution in [1.29, 1.82) is 0 Å². The third-order valence-electron chi connectivity index (χ3n) is 4.68. The monoisotopic (exact) mass is 293 g/mol. The van der Waals surface area contributed by atoms with Gasteiger partial charge in [-0.05, 0) is 27.8 Å². The molecule has 0 radical (unpaired) electrons. The van der Waals surface area contributed by atoms with Crippen molar-refractivity contribution >= 4 is 32.9 Å². The van der Waals surface area contributed by atoms with Crippen LogP contribution in [0.15, 0.2) is 83.9 Å². The predicted molar refractivity (Wildman–Crippen MR) is 97.8 cm³/mol. The zero-order valence-corrected chi connectivity index (χ0v) is 12.7. The van der Waals surface area contributed by atoms with Crippen LogP contribution in [-0.2, 0) is 6.42 Å². The molecule has 1 nitrogen and oxygen atoms in total. The van der Waals surface area contributed by atoms with Gasteiger partial charge in [0, 0.05) is 17.4 Å². The number of nitrogens with zero attached hydrogens (tertiary/aromatic N) is 1. The van der Waals surface area contributed by atoms with Crippen molar-refractivity contribution in [1.82, 2.24) is 0 Å². The van der Waals surface area contributed by atoms with Crippen molar-refractivity contribution in [3.63, 3.8) is 0 Å². The Morgan fingerprint density at radius 3 is 2.35 bits per heavy atom. The molecule has 0 bridgehead atoms. The van der Waals surface area contributed by atoms with E-state index in [0.29, 0.717) is 0 Å². The van der Waals surface area contributed by atoms with Gasteiger partial charge in [0.1, 0.15) is 0 Å². The first-order valence-electron chi connectivity index (χ1n) is 7.96. The van der Waals surface area contributed by atoms with Crippen molar-refractivity contribution in [3.05, 3.63) is 90.0 Å². The molecule has 0 unspecified atom stereocenters. The Balaban J connectivity index is 1.79. The molecule has 0 aromatic heterocycles. The van der Waals surface area contributed by atoms with Gasteiger partial charge < -0.3 is 0 Å². The lowest BCUT2D eigenvalue weighted by molar-refractivity contribution is 1.30. The van der Waals surface area contributed by atoms with E-state index in [-0.39, 0.29) is 0 Å². The average Bonchev–Trinajstić information content (AvgIpc) is 2.61. The van der Waals surface area contributed by atoms with Crippen LogP contribution in [0.5, 0.6) is 0 Å². The van der Waals surface area contributed by atoms with Crippen molar-refractivity contribution in [3.8, 4) is 0 Å². The first-order valence-corrected chi connectivity index (χ1v) is 7.96. The Hall–Kier alpha value is -2.93. The van der Waals surface area contributed by atoms with Crippen LogP contribution in [0.4, 0.5) is 5.69 Å². The van der Waals surface area contributed by atoms with Gasteiger partial charge in [0.2, 0.25) is 0 Å². The number of rotatable bonds is 1. The van der Waals surface area contributed by atoms with Crippen molar-refractivity contribution in [2.24, 2.45) is 4.99 Å². The molecule has 1 heterocycles. The summed E-state index contributed by atoms with van der Waals surface area (Å²) < 4.78 is 0. The normalized spacial score (nSPS) is 13.3. The van der Waals surface area contributed by atoms with Crippen LogP contribution in [0.2, 0.25) is 0 Å². The maximum Gasteiger partial charge on any atom is 0.0714 e. The Morgan fingerprint density at radius 2 is 1.39 bits per heavy atom. The fourth-order valence-electron chi connectivity index (χ4n) is 3.64. The number of hydrogen-bond acceptors (Lipinski definition) is 1. The van der Waals surface area contributed by atoms with Crippen molar-refractivity contribution < 1.29 is 0 Å². The van der Waals surface area contributed by atoms with Gasteiger partial charge in [-0.2, -0.15) is 0 Å². The molecule has 1 aliphatic heterocycles. The van der Waals surface area contributed by atoms with Crippen LogP contribution in [0.3, 0.4) is 0 Å². The quantitative estimate of drug-likeness (QED) is 0.429. The van der Waals surface area contributed by atoms with Crippen molar-refractivity contribution in [2.75, 3.05) is 0 Å².